The van der Waals surface area contributed by atoms with Crippen LogP contribution in [0.2, 0.25) is 0 Å². The van der Waals surface area contributed by atoms with Gasteiger partial charge in [0.2, 0.25) is 5.88 Å². The standard InChI is InChI=1S/C24H22FN7O4/c1-13-8-27-22(33)18-11-29-32-12-19(14-3-5-17(6-4-14)30-24(34)35-2)20(31-21(18)32)26-9-15-7-16(25)10-28-23(15)36-13/h3-7,10-13H,8-9H2,1-2H3,(H,26,31)(H,27,33)(H,30,34)/t13-/m0/s1. The summed E-state index contributed by atoms with van der Waals surface area (Å²) < 4.78 is 26.0. The summed E-state index contributed by atoms with van der Waals surface area (Å²) in [6.07, 6.45) is 3.28. The maximum absolute atomic E-state index is 14.0. The van der Waals surface area contributed by atoms with Gasteiger partial charge < -0.3 is 20.1 Å². The minimum atomic E-state index is -0.580. The highest BCUT2D eigenvalue weighted by atomic mass is 19.1. The topological polar surface area (TPSA) is 132 Å². The van der Waals surface area contributed by atoms with E-state index >= 15 is 0 Å². The van der Waals surface area contributed by atoms with Crippen LogP contribution >= 0.6 is 0 Å². The van der Waals surface area contributed by atoms with E-state index in [1.165, 1.54) is 23.9 Å². The average molecular weight is 491 g/mol. The smallest absolute Gasteiger partial charge is 0.411 e. The first-order valence-electron chi connectivity index (χ1n) is 11.1. The lowest BCUT2D eigenvalue weighted by Gasteiger charge is -2.17. The van der Waals surface area contributed by atoms with E-state index in [0.717, 1.165) is 11.8 Å². The first-order valence-corrected chi connectivity index (χ1v) is 11.1. The van der Waals surface area contributed by atoms with E-state index in [1.54, 1.807) is 37.4 Å². The molecule has 1 aliphatic heterocycles. The molecule has 184 valence electrons. The maximum Gasteiger partial charge on any atom is 0.411 e. The summed E-state index contributed by atoms with van der Waals surface area (Å²) in [6, 6.07) is 8.37. The van der Waals surface area contributed by atoms with Gasteiger partial charge in [0, 0.05) is 29.6 Å². The number of pyridine rings is 1. The molecule has 2 bridgehead atoms. The third kappa shape index (κ3) is 4.60. The molecule has 0 saturated carbocycles. The number of hydrogen-bond acceptors (Lipinski definition) is 8. The number of fused-ring (bicyclic) bond motifs is 2. The number of carbonyl (C=O) groups is 2. The van der Waals surface area contributed by atoms with Crippen molar-refractivity contribution in [2.45, 2.75) is 19.6 Å². The molecular formula is C24H22FN7O4. The van der Waals surface area contributed by atoms with Crippen LogP contribution in [0.5, 0.6) is 5.88 Å². The summed E-state index contributed by atoms with van der Waals surface area (Å²) >= 11 is 0. The number of hydrogen-bond donors (Lipinski definition) is 3. The van der Waals surface area contributed by atoms with Crippen LogP contribution in [0.4, 0.5) is 20.7 Å². The molecule has 3 aromatic heterocycles. The zero-order chi connectivity index (χ0) is 25.2. The second-order valence-corrected chi connectivity index (χ2v) is 8.13. The summed E-state index contributed by atoms with van der Waals surface area (Å²) in [4.78, 5) is 33.1. The molecule has 4 aromatic rings. The lowest BCUT2D eigenvalue weighted by molar-refractivity contribution is 0.0932. The Labute approximate surface area is 204 Å². The number of methoxy groups -OCH3 is 1. The minimum absolute atomic E-state index is 0.163. The number of carbonyl (C=O) groups excluding carboxylic acids is 2. The first-order chi connectivity index (χ1) is 17.4. The fraction of sp³-hybridized carbons (Fsp3) is 0.208. The predicted octanol–water partition coefficient (Wildman–Crippen LogP) is 3.23. The fourth-order valence-corrected chi connectivity index (χ4v) is 3.76. The number of anilines is 2. The molecule has 5 rings (SSSR count). The molecule has 36 heavy (non-hydrogen) atoms. The molecule has 0 unspecified atom stereocenters. The Morgan fingerprint density at radius 1 is 1.22 bits per heavy atom. The molecule has 2 amide bonds. The van der Waals surface area contributed by atoms with Crippen LogP contribution in [0.15, 0.2) is 48.9 Å². The average Bonchev–Trinajstić information content (AvgIpc) is 3.29. The summed E-state index contributed by atoms with van der Waals surface area (Å²) in [5, 5.41) is 13.0. The van der Waals surface area contributed by atoms with E-state index in [1.807, 2.05) is 0 Å². The SMILES string of the molecule is COC(=O)Nc1ccc(-c2cn3ncc4c3nc2NCc2cc(F)cnc2O[C@@H](C)CNC4=O)cc1. The molecule has 0 fully saturated rings. The quantitative estimate of drug-likeness (QED) is 0.390. The largest absolute Gasteiger partial charge is 0.473 e. The molecule has 0 aliphatic carbocycles. The number of halogens is 1. The lowest BCUT2D eigenvalue weighted by atomic mass is 10.1. The molecule has 0 radical (unpaired) electrons. The van der Waals surface area contributed by atoms with Crippen molar-refractivity contribution in [1.29, 1.82) is 0 Å². The van der Waals surface area contributed by atoms with Crippen LogP contribution < -0.4 is 20.7 Å². The van der Waals surface area contributed by atoms with E-state index < -0.39 is 18.0 Å². The molecule has 0 saturated heterocycles. The number of benzene rings is 1. The van der Waals surface area contributed by atoms with Gasteiger partial charge in [0.05, 0.1) is 26.0 Å². The zero-order valence-electron chi connectivity index (χ0n) is 19.4. The third-order valence-electron chi connectivity index (χ3n) is 5.57. The number of ether oxygens (including phenoxy) is 2. The summed E-state index contributed by atoms with van der Waals surface area (Å²) in [5.74, 6) is -0.154. The molecule has 1 aromatic carbocycles. The van der Waals surface area contributed by atoms with Crippen molar-refractivity contribution in [3.8, 4) is 17.0 Å². The maximum atomic E-state index is 14.0. The Balaban J connectivity index is 1.59. The van der Waals surface area contributed by atoms with Gasteiger partial charge in [-0.2, -0.15) is 5.10 Å². The van der Waals surface area contributed by atoms with Crippen molar-refractivity contribution in [3.05, 3.63) is 65.9 Å². The summed E-state index contributed by atoms with van der Waals surface area (Å²) in [5.41, 5.74) is 3.12. The van der Waals surface area contributed by atoms with E-state index in [4.69, 9.17) is 4.74 Å². The predicted molar refractivity (Wildman–Crippen MR) is 128 cm³/mol. The highest BCUT2D eigenvalue weighted by Gasteiger charge is 2.20. The first kappa shape index (κ1) is 23.0. The number of nitrogens with one attached hydrogen (secondary N) is 3. The van der Waals surface area contributed by atoms with Gasteiger partial charge in [-0.05, 0) is 30.7 Å². The van der Waals surface area contributed by atoms with Gasteiger partial charge in [0.25, 0.3) is 5.91 Å². The van der Waals surface area contributed by atoms with Crippen LogP contribution in [0.25, 0.3) is 16.8 Å². The van der Waals surface area contributed by atoms with Gasteiger partial charge in [0.15, 0.2) is 5.65 Å². The van der Waals surface area contributed by atoms with Crippen molar-refractivity contribution >= 4 is 29.2 Å². The van der Waals surface area contributed by atoms with Gasteiger partial charge in [-0.1, -0.05) is 12.1 Å². The number of rotatable bonds is 2. The Kier molecular flexibility index (Phi) is 6.07. The second kappa shape index (κ2) is 9.49. The number of amides is 2. The van der Waals surface area contributed by atoms with E-state index in [9.17, 15) is 14.0 Å². The van der Waals surface area contributed by atoms with Crippen LogP contribution in [0, 0.1) is 5.82 Å². The Morgan fingerprint density at radius 3 is 2.81 bits per heavy atom. The van der Waals surface area contributed by atoms with Crippen LogP contribution in [0.3, 0.4) is 0 Å². The molecule has 3 N–H and O–H groups in total. The molecule has 11 nitrogen and oxygen atoms in total. The van der Waals surface area contributed by atoms with Gasteiger partial charge in [-0.25, -0.2) is 23.7 Å². The highest BCUT2D eigenvalue weighted by molar-refractivity contribution is 6.00. The fourth-order valence-electron chi connectivity index (χ4n) is 3.76. The lowest BCUT2D eigenvalue weighted by Crippen LogP contribution is -2.33. The van der Waals surface area contributed by atoms with Crippen molar-refractivity contribution < 1.29 is 23.5 Å². The second-order valence-electron chi connectivity index (χ2n) is 8.13. The van der Waals surface area contributed by atoms with Crippen molar-refractivity contribution in [2.24, 2.45) is 0 Å². The molecule has 12 heteroatoms. The molecule has 4 heterocycles. The van der Waals surface area contributed by atoms with Crippen molar-refractivity contribution in [3.63, 3.8) is 0 Å². The Morgan fingerprint density at radius 2 is 2.03 bits per heavy atom. The van der Waals surface area contributed by atoms with E-state index in [-0.39, 0.29) is 24.9 Å². The van der Waals surface area contributed by atoms with Gasteiger partial charge in [0.1, 0.15) is 23.3 Å². The van der Waals surface area contributed by atoms with Gasteiger partial charge >= 0.3 is 6.09 Å². The highest BCUT2D eigenvalue weighted by Crippen LogP contribution is 2.30. The van der Waals surface area contributed by atoms with Crippen molar-refractivity contribution in [1.82, 2.24) is 24.9 Å². The van der Waals surface area contributed by atoms with Gasteiger partial charge in [-0.15, -0.1) is 0 Å². The molecule has 1 aliphatic rings. The summed E-state index contributed by atoms with van der Waals surface area (Å²) in [7, 11) is 1.29. The number of aromatic nitrogens is 4. The van der Waals surface area contributed by atoms with Crippen molar-refractivity contribution in [2.75, 3.05) is 24.3 Å². The molecular weight excluding hydrogens is 469 g/mol. The third-order valence-corrected chi connectivity index (χ3v) is 5.57. The normalized spacial score (nSPS) is 15.4. The van der Waals surface area contributed by atoms with E-state index in [0.29, 0.717) is 33.8 Å². The van der Waals surface area contributed by atoms with E-state index in [2.05, 4.69) is 35.8 Å². The number of nitrogens with zero attached hydrogens (tertiary/aromatic N) is 4. The molecule has 1 atom stereocenters. The monoisotopic (exact) mass is 491 g/mol. The summed E-state index contributed by atoms with van der Waals surface area (Å²) in [6.45, 7) is 2.15. The molecule has 0 spiro atoms. The zero-order valence-corrected chi connectivity index (χ0v) is 19.4. The van der Waals surface area contributed by atoms with Crippen LogP contribution in [0.1, 0.15) is 22.8 Å². The van der Waals surface area contributed by atoms with Crippen LogP contribution in [-0.2, 0) is 11.3 Å². The van der Waals surface area contributed by atoms with Crippen LogP contribution in [-0.4, -0.2) is 51.3 Å². The Hall–Kier alpha value is -4.74. The minimum Gasteiger partial charge on any atom is -0.473 e. The Bertz CT molecular complexity index is 1460. The van der Waals surface area contributed by atoms with Gasteiger partial charge in [-0.3, -0.25) is 10.1 Å².